The van der Waals surface area contributed by atoms with E-state index < -0.39 is 0 Å². The van der Waals surface area contributed by atoms with Crippen LogP contribution in [0.4, 0.5) is 5.82 Å². The van der Waals surface area contributed by atoms with Gasteiger partial charge in [-0.15, -0.1) is 0 Å². The lowest BCUT2D eigenvalue weighted by molar-refractivity contribution is 0.312. The van der Waals surface area contributed by atoms with E-state index in [4.69, 9.17) is 11.6 Å². The minimum Gasteiger partial charge on any atom is -0.354 e. The quantitative estimate of drug-likeness (QED) is 0.736. The smallest absolute Gasteiger partial charge is 0.139 e. The SMILES string of the molecule is CN1CCN(c2cc3ccccc3c(Cl)n2)CC1. The predicted molar refractivity (Wildman–Crippen MR) is 76.5 cm³/mol. The fourth-order valence-electron chi connectivity index (χ4n) is 2.34. The van der Waals surface area contributed by atoms with Gasteiger partial charge >= 0.3 is 0 Å². The monoisotopic (exact) mass is 261 g/mol. The van der Waals surface area contributed by atoms with E-state index in [1.807, 2.05) is 18.2 Å². The van der Waals surface area contributed by atoms with Crippen molar-refractivity contribution in [1.29, 1.82) is 0 Å². The van der Waals surface area contributed by atoms with Crippen molar-refractivity contribution in [3.05, 3.63) is 35.5 Å². The van der Waals surface area contributed by atoms with Crippen LogP contribution in [-0.2, 0) is 0 Å². The van der Waals surface area contributed by atoms with Crippen molar-refractivity contribution in [1.82, 2.24) is 9.88 Å². The molecule has 0 spiro atoms. The Morgan fingerprint density at radius 1 is 1.11 bits per heavy atom. The molecule has 4 heteroatoms. The van der Waals surface area contributed by atoms with Crippen molar-refractivity contribution < 1.29 is 0 Å². The molecule has 1 aliphatic heterocycles. The summed E-state index contributed by atoms with van der Waals surface area (Å²) in [7, 11) is 2.15. The van der Waals surface area contributed by atoms with E-state index >= 15 is 0 Å². The molecule has 0 atom stereocenters. The van der Waals surface area contributed by atoms with Crippen molar-refractivity contribution in [2.24, 2.45) is 0 Å². The van der Waals surface area contributed by atoms with Gasteiger partial charge in [0.2, 0.25) is 0 Å². The zero-order valence-corrected chi connectivity index (χ0v) is 11.2. The molecule has 1 aliphatic rings. The van der Waals surface area contributed by atoms with Gasteiger partial charge < -0.3 is 9.80 Å². The van der Waals surface area contributed by atoms with Crippen molar-refractivity contribution in [2.45, 2.75) is 0 Å². The first-order valence-electron chi connectivity index (χ1n) is 6.23. The summed E-state index contributed by atoms with van der Waals surface area (Å²) in [5.41, 5.74) is 0. The summed E-state index contributed by atoms with van der Waals surface area (Å²) in [5.74, 6) is 0.992. The maximum Gasteiger partial charge on any atom is 0.139 e. The van der Waals surface area contributed by atoms with E-state index in [-0.39, 0.29) is 0 Å². The molecule has 1 aromatic heterocycles. The third kappa shape index (κ3) is 2.16. The lowest BCUT2D eigenvalue weighted by atomic mass is 10.1. The van der Waals surface area contributed by atoms with Gasteiger partial charge in [0.05, 0.1) is 0 Å². The maximum absolute atomic E-state index is 6.26. The number of rotatable bonds is 1. The van der Waals surface area contributed by atoms with E-state index in [1.165, 1.54) is 0 Å². The Bertz CT molecular complexity index is 562. The summed E-state index contributed by atoms with van der Waals surface area (Å²) in [4.78, 5) is 9.16. The van der Waals surface area contributed by atoms with Gasteiger partial charge in [-0.1, -0.05) is 35.9 Å². The molecule has 2 aromatic rings. The Morgan fingerprint density at radius 2 is 1.83 bits per heavy atom. The Balaban J connectivity index is 1.97. The minimum absolute atomic E-state index is 0.599. The molecule has 0 radical (unpaired) electrons. The number of hydrogen-bond acceptors (Lipinski definition) is 3. The van der Waals surface area contributed by atoms with Crippen LogP contribution >= 0.6 is 11.6 Å². The van der Waals surface area contributed by atoms with E-state index in [0.717, 1.165) is 42.8 Å². The zero-order valence-electron chi connectivity index (χ0n) is 10.4. The largest absolute Gasteiger partial charge is 0.354 e. The van der Waals surface area contributed by atoms with Crippen LogP contribution in [0.1, 0.15) is 0 Å². The van der Waals surface area contributed by atoms with Gasteiger partial charge in [-0.05, 0) is 18.5 Å². The van der Waals surface area contributed by atoms with Gasteiger partial charge in [0.1, 0.15) is 11.0 Å². The van der Waals surface area contributed by atoms with Crippen molar-refractivity contribution in [2.75, 3.05) is 38.1 Å². The van der Waals surface area contributed by atoms with Gasteiger partial charge in [-0.2, -0.15) is 0 Å². The van der Waals surface area contributed by atoms with E-state index in [0.29, 0.717) is 5.15 Å². The number of benzene rings is 1. The van der Waals surface area contributed by atoms with Crippen LogP contribution in [0.2, 0.25) is 5.15 Å². The molecule has 1 aromatic carbocycles. The van der Waals surface area contributed by atoms with Gasteiger partial charge in [-0.3, -0.25) is 0 Å². The molecule has 3 nitrogen and oxygen atoms in total. The number of fused-ring (bicyclic) bond motifs is 1. The first-order valence-corrected chi connectivity index (χ1v) is 6.60. The fraction of sp³-hybridized carbons (Fsp3) is 0.357. The van der Waals surface area contributed by atoms with Crippen LogP contribution in [0.15, 0.2) is 30.3 Å². The Kier molecular flexibility index (Phi) is 3.10. The second-order valence-corrected chi connectivity index (χ2v) is 5.14. The van der Waals surface area contributed by atoms with Crippen LogP contribution < -0.4 is 4.90 Å². The topological polar surface area (TPSA) is 19.4 Å². The number of likely N-dealkylation sites (N-methyl/N-ethyl adjacent to an activating group) is 1. The van der Waals surface area contributed by atoms with Crippen LogP contribution in [0.25, 0.3) is 10.8 Å². The second kappa shape index (κ2) is 4.75. The number of halogens is 1. The molecule has 0 unspecified atom stereocenters. The summed E-state index contributed by atoms with van der Waals surface area (Å²) in [6, 6.07) is 10.3. The number of anilines is 1. The van der Waals surface area contributed by atoms with Gasteiger partial charge in [0, 0.05) is 31.6 Å². The molecule has 0 amide bonds. The predicted octanol–water partition coefficient (Wildman–Crippen LogP) is 2.64. The average Bonchev–Trinajstić information content (AvgIpc) is 2.39. The van der Waals surface area contributed by atoms with Crippen LogP contribution in [-0.4, -0.2) is 43.1 Å². The number of hydrogen-bond donors (Lipinski definition) is 0. The molecular weight excluding hydrogens is 246 g/mol. The summed E-state index contributed by atoms with van der Waals surface area (Å²) in [6.07, 6.45) is 0. The summed E-state index contributed by atoms with van der Waals surface area (Å²) >= 11 is 6.26. The highest BCUT2D eigenvalue weighted by Crippen LogP contribution is 2.26. The normalized spacial score (nSPS) is 17.3. The summed E-state index contributed by atoms with van der Waals surface area (Å²) in [5, 5.41) is 2.78. The minimum atomic E-state index is 0.599. The molecule has 3 rings (SSSR count). The fourth-order valence-corrected chi connectivity index (χ4v) is 2.60. The number of nitrogens with zero attached hydrogens (tertiary/aromatic N) is 3. The van der Waals surface area contributed by atoms with Gasteiger partial charge in [0.25, 0.3) is 0 Å². The van der Waals surface area contributed by atoms with Crippen LogP contribution in [0.5, 0.6) is 0 Å². The summed E-state index contributed by atoms with van der Waals surface area (Å²) in [6.45, 7) is 4.18. The van der Waals surface area contributed by atoms with Gasteiger partial charge in [-0.25, -0.2) is 4.98 Å². The Labute approximate surface area is 112 Å². The molecule has 1 fully saturated rings. The average molecular weight is 262 g/mol. The third-order valence-electron chi connectivity index (χ3n) is 3.51. The van der Waals surface area contributed by atoms with E-state index in [1.54, 1.807) is 0 Å². The molecule has 1 saturated heterocycles. The number of piperazine rings is 1. The molecule has 94 valence electrons. The Morgan fingerprint density at radius 3 is 2.61 bits per heavy atom. The first kappa shape index (κ1) is 11.8. The van der Waals surface area contributed by atoms with Crippen LogP contribution in [0.3, 0.4) is 0 Å². The highest BCUT2D eigenvalue weighted by molar-refractivity contribution is 6.34. The molecule has 2 heterocycles. The molecule has 0 N–H and O–H groups in total. The van der Waals surface area contributed by atoms with Crippen molar-refractivity contribution in [3.63, 3.8) is 0 Å². The highest BCUT2D eigenvalue weighted by Gasteiger charge is 2.16. The lowest BCUT2D eigenvalue weighted by Gasteiger charge is -2.33. The van der Waals surface area contributed by atoms with Crippen molar-refractivity contribution in [3.8, 4) is 0 Å². The zero-order chi connectivity index (χ0) is 12.5. The standard InChI is InChI=1S/C14H16ClN3/c1-17-6-8-18(9-7-17)13-10-11-4-2-3-5-12(11)14(15)16-13/h2-5,10H,6-9H2,1H3. The molecule has 0 bridgehead atoms. The first-order chi connectivity index (χ1) is 8.74. The molecule has 0 aliphatic carbocycles. The maximum atomic E-state index is 6.26. The van der Waals surface area contributed by atoms with Crippen molar-refractivity contribution >= 4 is 28.2 Å². The molecule has 18 heavy (non-hydrogen) atoms. The molecule has 0 saturated carbocycles. The highest BCUT2D eigenvalue weighted by atomic mass is 35.5. The summed E-state index contributed by atoms with van der Waals surface area (Å²) < 4.78 is 0. The molecular formula is C14H16ClN3. The number of pyridine rings is 1. The Hall–Kier alpha value is -1.32. The second-order valence-electron chi connectivity index (χ2n) is 4.78. The number of aromatic nitrogens is 1. The van der Waals surface area contributed by atoms with Crippen LogP contribution in [0, 0.1) is 0 Å². The van der Waals surface area contributed by atoms with E-state index in [9.17, 15) is 0 Å². The lowest BCUT2D eigenvalue weighted by Crippen LogP contribution is -2.44. The van der Waals surface area contributed by atoms with E-state index in [2.05, 4.69) is 34.0 Å². The third-order valence-corrected chi connectivity index (χ3v) is 3.80. The van der Waals surface area contributed by atoms with Gasteiger partial charge in [0.15, 0.2) is 0 Å².